The molecule has 0 atom stereocenters. The minimum Gasteiger partial charge on any atom is -0.444 e. The predicted molar refractivity (Wildman–Crippen MR) is 92.5 cm³/mol. The normalized spacial score (nSPS) is 16.2. The van der Waals surface area contributed by atoms with Crippen LogP contribution in [0.1, 0.15) is 45.4 Å². The van der Waals surface area contributed by atoms with Crippen LogP contribution < -0.4 is 0 Å². The van der Waals surface area contributed by atoms with Gasteiger partial charge >= 0.3 is 6.09 Å². The first-order valence-electron chi connectivity index (χ1n) is 8.35. The Labute approximate surface area is 145 Å². The highest BCUT2D eigenvalue weighted by molar-refractivity contribution is 5.78. The van der Waals surface area contributed by atoms with Gasteiger partial charge < -0.3 is 14.6 Å². The van der Waals surface area contributed by atoms with Crippen LogP contribution in [0.3, 0.4) is 0 Å². The van der Waals surface area contributed by atoms with E-state index >= 15 is 0 Å². The monoisotopic (exact) mass is 346 g/mol. The van der Waals surface area contributed by atoms with E-state index in [2.05, 4.69) is 9.97 Å². The molecular formula is C17H22N4O4. The van der Waals surface area contributed by atoms with Gasteiger partial charge in [-0.2, -0.15) is 0 Å². The first-order valence-corrected chi connectivity index (χ1v) is 8.35. The predicted octanol–water partition coefficient (Wildman–Crippen LogP) is 3.59. The molecule has 1 aliphatic heterocycles. The summed E-state index contributed by atoms with van der Waals surface area (Å²) in [4.78, 5) is 32.0. The molecule has 1 aliphatic rings. The fourth-order valence-corrected chi connectivity index (χ4v) is 2.99. The van der Waals surface area contributed by atoms with E-state index in [4.69, 9.17) is 4.74 Å². The standard InChI is InChI=1S/C17H22N4O4/c1-17(2,3)25-16(22)20-8-6-11(7-9-20)15-18-13-5-4-12(21(23)24)10-14(13)19-15/h4-5,10-11H,6-9H2,1-3H3,(H,18,19). The fraction of sp³-hybridized carbons (Fsp3) is 0.529. The van der Waals surface area contributed by atoms with Gasteiger partial charge in [0, 0.05) is 31.1 Å². The molecule has 1 fully saturated rings. The van der Waals surface area contributed by atoms with Crippen molar-refractivity contribution in [3.63, 3.8) is 0 Å². The van der Waals surface area contributed by atoms with E-state index in [9.17, 15) is 14.9 Å². The van der Waals surface area contributed by atoms with Crippen LogP contribution in [-0.2, 0) is 4.74 Å². The molecule has 1 saturated heterocycles. The lowest BCUT2D eigenvalue weighted by Gasteiger charge is -2.32. The third kappa shape index (κ3) is 3.89. The quantitative estimate of drug-likeness (QED) is 0.661. The van der Waals surface area contributed by atoms with Crippen LogP contribution in [0.15, 0.2) is 18.2 Å². The number of ether oxygens (including phenoxy) is 1. The number of non-ortho nitro benzene ring substituents is 1. The Morgan fingerprint density at radius 3 is 2.64 bits per heavy atom. The molecule has 3 rings (SSSR count). The zero-order chi connectivity index (χ0) is 18.2. The maximum Gasteiger partial charge on any atom is 0.410 e. The molecule has 0 saturated carbocycles. The van der Waals surface area contributed by atoms with Gasteiger partial charge in [0.1, 0.15) is 11.4 Å². The number of nitrogens with one attached hydrogen (secondary N) is 1. The Balaban J connectivity index is 1.67. The summed E-state index contributed by atoms with van der Waals surface area (Å²) >= 11 is 0. The molecule has 1 N–H and O–H groups in total. The minimum absolute atomic E-state index is 0.0439. The summed E-state index contributed by atoms with van der Waals surface area (Å²) in [5.74, 6) is 1.02. The van der Waals surface area contributed by atoms with Crippen molar-refractivity contribution in [2.24, 2.45) is 0 Å². The van der Waals surface area contributed by atoms with E-state index < -0.39 is 10.5 Å². The molecule has 2 aromatic rings. The summed E-state index contributed by atoms with van der Waals surface area (Å²) in [6.07, 6.45) is 1.27. The summed E-state index contributed by atoms with van der Waals surface area (Å²) < 4.78 is 5.40. The molecule has 0 bridgehead atoms. The minimum atomic E-state index is -0.499. The number of H-pyrrole nitrogens is 1. The molecule has 8 nitrogen and oxygen atoms in total. The van der Waals surface area contributed by atoms with Gasteiger partial charge in [0.25, 0.3) is 5.69 Å². The number of hydrogen-bond donors (Lipinski definition) is 1. The third-order valence-electron chi connectivity index (χ3n) is 4.23. The number of hydrogen-bond acceptors (Lipinski definition) is 5. The van der Waals surface area contributed by atoms with Crippen LogP contribution in [0.25, 0.3) is 11.0 Å². The van der Waals surface area contributed by atoms with Gasteiger partial charge in [-0.25, -0.2) is 9.78 Å². The number of benzene rings is 1. The molecule has 1 amide bonds. The Kier molecular flexibility index (Phi) is 4.36. The van der Waals surface area contributed by atoms with E-state index in [-0.39, 0.29) is 17.7 Å². The molecule has 0 aliphatic carbocycles. The maximum atomic E-state index is 12.1. The van der Waals surface area contributed by atoms with Gasteiger partial charge in [-0.05, 0) is 39.7 Å². The Bertz CT molecular complexity index is 801. The van der Waals surface area contributed by atoms with Crippen molar-refractivity contribution in [1.29, 1.82) is 0 Å². The number of fused-ring (bicyclic) bond motifs is 1. The number of rotatable bonds is 2. The van der Waals surface area contributed by atoms with Crippen LogP contribution in [0.4, 0.5) is 10.5 Å². The number of likely N-dealkylation sites (tertiary alicyclic amines) is 1. The van der Waals surface area contributed by atoms with Crippen molar-refractivity contribution in [2.45, 2.75) is 45.1 Å². The zero-order valence-corrected chi connectivity index (χ0v) is 14.6. The molecule has 0 radical (unpaired) electrons. The van der Waals surface area contributed by atoms with Gasteiger partial charge in [0.05, 0.1) is 16.0 Å². The molecule has 0 unspecified atom stereocenters. The van der Waals surface area contributed by atoms with E-state index in [1.54, 1.807) is 11.0 Å². The van der Waals surface area contributed by atoms with Gasteiger partial charge in [-0.3, -0.25) is 10.1 Å². The lowest BCUT2D eigenvalue weighted by molar-refractivity contribution is -0.384. The van der Waals surface area contributed by atoms with E-state index in [1.807, 2.05) is 20.8 Å². The summed E-state index contributed by atoms with van der Waals surface area (Å²) in [5.41, 5.74) is 0.929. The van der Waals surface area contributed by atoms with Crippen LogP contribution in [0, 0.1) is 10.1 Å². The first kappa shape index (κ1) is 17.2. The van der Waals surface area contributed by atoms with Gasteiger partial charge in [-0.15, -0.1) is 0 Å². The molecular weight excluding hydrogens is 324 g/mol. The number of nitro groups is 1. The molecule has 2 heterocycles. The lowest BCUT2D eigenvalue weighted by Crippen LogP contribution is -2.41. The summed E-state index contributed by atoms with van der Waals surface area (Å²) in [5, 5.41) is 10.9. The Hall–Kier alpha value is -2.64. The van der Waals surface area contributed by atoms with E-state index in [1.165, 1.54) is 12.1 Å². The molecule has 1 aromatic carbocycles. The molecule has 134 valence electrons. The molecule has 25 heavy (non-hydrogen) atoms. The Morgan fingerprint density at radius 2 is 2.04 bits per heavy atom. The number of aromatic nitrogens is 2. The van der Waals surface area contributed by atoms with Gasteiger partial charge in [0.2, 0.25) is 0 Å². The van der Waals surface area contributed by atoms with Crippen molar-refractivity contribution in [2.75, 3.05) is 13.1 Å². The van der Waals surface area contributed by atoms with Crippen molar-refractivity contribution in [3.8, 4) is 0 Å². The van der Waals surface area contributed by atoms with Crippen LogP contribution in [0.5, 0.6) is 0 Å². The van der Waals surface area contributed by atoms with Crippen molar-refractivity contribution in [3.05, 3.63) is 34.1 Å². The fourth-order valence-electron chi connectivity index (χ4n) is 2.99. The number of amides is 1. The van der Waals surface area contributed by atoms with Crippen LogP contribution in [-0.4, -0.2) is 44.6 Å². The highest BCUT2D eigenvalue weighted by atomic mass is 16.6. The summed E-state index contributed by atoms with van der Waals surface area (Å²) in [6, 6.07) is 4.61. The largest absolute Gasteiger partial charge is 0.444 e. The Morgan fingerprint density at radius 1 is 1.36 bits per heavy atom. The average molecular weight is 346 g/mol. The number of nitro benzene ring substituents is 1. The maximum absolute atomic E-state index is 12.1. The second kappa shape index (κ2) is 6.34. The number of imidazole rings is 1. The third-order valence-corrected chi connectivity index (χ3v) is 4.23. The van der Waals surface area contributed by atoms with Crippen LogP contribution >= 0.6 is 0 Å². The highest BCUT2D eigenvalue weighted by Crippen LogP contribution is 2.29. The van der Waals surface area contributed by atoms with Gasteiger partial charge in [0.15, 0.2) is 0 Å². The van der Waals surface area contributed by atoms with E-state index in [0.29, 0.717) is 18.6 Å². The first-order chi connectivity index (χ1) is 11.7. The molecule has 1 aromatic heterocycles. The van der Waals surface area contributed by atoms with Crippen molar-refractivity contribution < 1.29 is 14.5 Å². The second-order valence-electron chi connectivity index (χ2n) is 7.32. The van der Waals surface area contributed by atoms with E-state index in [0.717, 1.165) is 24.2 Å². The van der Waals surface area contributed by atoms with Gasteiger partial charge in [-0.1, -0.05) is 0 Å². The molecule has 8 heteroatoms. The smallest absolute Gasteiger partial charge is 0.410 e. The summed E-state index contributed by atoms with van der Waals surface area (Å²) in [6.45, 7) is 6.77. The SMILES string of the molecule is CC(C)(C)OC(=O)N1CCC(c2nc3ccc([N+](=O)[O-])cc3[nH]2)CC1. The number of piperidine rings is 1. The lowest BCUT2D eigenvalue weighted by atomic mass is 9.96. The molecule has 0 spiro atoms. The van der Waals surface area contributed by atoms with Crippen molar-refractivity contribution in [1.82, 2.24) is 14.9 Å². The van der Waals surface area contributed by atoms with Crippen LogP contribution in [0.2, 0.25) is 0 Å². The number of nitrogens with zero attached hydrogens (tertiary/aromatic N) is 3. The topological polar surface area (TPSA) is 101 Å². The summed E-state index contributed by atoms with van der Waals surface area (Å²) in [7, 11) is 0. The highest BCUT2D eigenvalue weighted by Gasteiger charge is 2.28. The second-order valence-corrected chi connectivity index (χ2v) is 7.32. The number of carbonyl (C=O) groups excluding carboxylic acids is 1. The zero-order valence-electron chi connectivity index (χ0n) is 14.6. The number of aromatic amines is 1. The average Bonchev–Trinajstić information content (AvgIpc) is 2.96. The van der Waals surface area contributed by atoms with Crippen molar-refractivity contribution >= 4 is 22.8 Å². The number of carbonyl (C=O) groups is 1.